The molecule has 3 atom stereocenters. The topological polar surface area (TPSA) is 43.8 Å². The molecule has 7 rings (SSSR count). The van der Waals surface area contributed by atoms with Gasteiger partial charge in [-0.05, 0) is 67.4 Å². The van der Waals surface area contributed by atoms with Crippen LogP contribution in [0.5, 0.6) is 0 Å². The van der Waals surface area contributed by atoms with Gasteiger partial charge in [-0.25, -0.2) is 4.79 Å². The molecule has 1 aromatic carbocycles. The molecule has 25 heavy (non-hydrogen) atoms. The second-order valence-electron chi connectivity index (χ2n) is 9.37. The summed E-state index contributed by atoms with van der Waals surface area (Å²) in [5.41, 5.74) is 2.31. The average Bonchev–Trinajstić information content (AvgIpc) is 2.87. The van der Waals surface area contributed by atoms with E-state index in [1.165, 1.54) is 24.0 Å². The fourth-order valence-electron chi connectivity index (χ4n) is 7.16. The number of amides is 2. The van der Waals surface area contributed by atoms with E-state index in [4.69, 9.17) is 0 Å². The summed E-state index contributed by atoms with van der Waals surface area (Å²) in [5.74, 6) is 1.73. The van der Waals surface area contributed by atoms with Crippen molar-refractivity contribution in [2.24, 2.45) is 17.8 Å². The molecule has 4 aliphatic carbocycles. The zero-order valence-corrected chi connectivity index (χ0v) is 14.6. The molecule has 2 unspecified atom stereocenters. The van der Waals surface area contributed by atoms with Gasteiger partial charge < -0.3 is 14.9 Å². The number of urea groups is 1. The number of fused-ring (bicyclic) bond motifs is 2. The van der Waals surface area contributed by atoms with Gasteiger partial charge in [0.25, 0.3) is 0 Å². The molecule has 1 saturated heterocycles. The van der Waals surface area contributed by atoms with Crippen molar-refractivity contribution in [1.29, 1.82) is 0 Å². The van der Waals surface area contributed by atoms with Crippen molar-refractivity contribution in [3.05, 3.63) is 35.4 Å². The molecule has 5 fully saturated rings. The molecule has 1 aromatic rings. The third kappa shape index (κ3) is 2.00. The smallest absolute Gasteiger partial charge is 0.320 e. The predicted octanol–water partition coefficient (Wildman–Crippen LogP) is 2.79. The first-order valence-corrected chi connectivity index (χ1v) is 9.96. The molecule has 4 bridgehead atoms. The summed E-state index contributed by atoms with van der Waals surface area (Å²) in [5, 5.41) is 10.8. The van der Waals surface area contributed by atoms with E-state index in [1.54, 1.807) is 0 Å². The van der Waals surface area contributed by atoms with Gasteiger partial charge in [0.2, 0.25) is 0 Å². The fourth-order valence-corrected chi connectivity index (χ4v) is 7.16. The largest absolute Gasteiger partial charge is 0.390 e. The standard InChI is InChI=1S/C21H26N2O2/c24-20-22-11-15-4-2-1-3-14(15)7-18(22)12-23(20)19-16-5-13-6-17(19)10-21(25,8-13)9-16/h1-4,13,16-19,25H,5-12H2/t13?,16?,17?,18-,19?,21?/m0/s1. The summed E-state index contributed by atoms with van der Waals surface area (Å²) in [7, 11) is 0. The van der Waals surface area contributed by atoms with Gasteiger partial charge in [-0.2, -0.15) is 0 Å². The molecule has 4 heteroatoms. The van der Waals surface area contributed by atoms with Crippen LogP contribution in [0.4, 0.5) is 4.79 Å². The van der Waals surface area contributed by atoms with Crippen LogP contribution in [0, 0.1) is 17.8 Å². The van der Waals surface area contributed by atoms with E-state index >= 15 is 0 Å². The number of hydrogen-bond donors (Lipinski definition) is 1. The predicted molar refractivity (Wildman–Crippen MR) is 93.9 cm³/mol. The molecule has 2 amide bonds. The maximum atomic E-state index is 13.2. The highest BCUT2D eigenvalue weighted by atomic mass is 16.3. The Morgan fingerprint density at radius 3 is 2.44 bits per heavy atom. The van der Waals surface area contributed by atoms with Crippen LogP contribution in [-0.2, 0) is 13.0 Å². The number of rotatable bonds is 1. The van der Waals surface area contributed by atoms with Crippen LogP contribution in [0.3, 0.4) is 0 Å². The summed E-state index contributed by atoms with van der Waals surface area (Å²) < 4.78 is 0. The molecule has 0 spiro atoms. The van der Waals surface area contributed by atoms with E-state index in [1.807, 2.05) is 0 Å². The van der Waals surface area contributed by atoms with E-state index in [0.717, 1.165) is 38.8 Å². The molecule has 4 saturated carbocycles. The van der Waals surface area contributed by atoms with Gasteiger partial charge in [0.1, 0.15) is 0 Å². The van der Waals surface area contributed by atoms with E-state index < -0.39 is 5.60 Å². The molecule has 6 aliphatic rings. The Bertz CT molecular complexity index is 731. The van der Waals surface area contributed by atoms with Gasteiger partial charge in [0.05, 0.1) is 11.6 Å². The summed E-state index contributed by atoms with van der Waals surface area (Å²) in [6.45, 7) is 1.65. The molecule has 2 aliphatic heterocycles. The maximum absolute atomic E-state index is 13.2. The molecule has 0 radical (unpaired) electrons. The molecular weight excluding hydrogens is 312 g/mol. The van der Waals surface area contributed by atoms with Crippen molar-refractivity contribution in [1.82, 2.24) is 9.80 Å². The van der Waals surface area contributed by atoms with Crippen molar-refractivity contribution in [3.63, 3.8) is 0 Å². The van der Waals surface area contributed by atoms with Crippen LogP contribution >= 0.6 is 0 Å². The van der Waals surface area contributed by atoms with Crippen LogP contribution in [0.25, 0.3) is 0 Å². The quantitative estimate of drug-likeness (QED) is 0.856. The molecule has 0 aromatic heterocycles. The Morgan fingerprint density at radius 2 is 1.72 bits per heavy atom. The highest BCUT2D eigenvalue weighted by Crippen LogP contribution is 2.57. The SMILES string of the molecule is O=C1N(C2C3CC4CC2CC(O)(C4)C3)C[C@@H]2Cc3ccccc3CN12. The Labute approximate surface area is 148 Å². The lowest BCUT2D eigenvalue weighted by Crippen LogP contribution is -2.62. The van der Waals surface area contributed by atoms with Crippen molar-refractivity contribution in [2.45, 2.75) is 62.8 Å². The Morgan fingerprint density at radius 1 is 1.00 bits per heavy atom. The first-order chi connectivity index (χ1) is 12.1. The minimum Gasteiger partial charge on any atom is -0.390 e. The summed E-state index contributed by atoms with van der Waals surface area (Å²) in [6.07, 6.45) is 6.27. The number of aliphatic hydroxyl groups is 1. The van der Waals surface area contributed by atoms with Gasteiger partial charge in [-0.1, -0.05) is 24.3 Å². The van der Waals surface area contributed by atoms with Gasteiger partial charge in [0, 0.05) is 19.1 Å². The fraction of sp³-hybridized carbons (Fsp3) is 0.667. The Kier molecular flexibility index (Phi) is 2.80. The normalized spacial score (nSPS) is 44.2. The number of benzene rings is 1. The maximum Gasteiger partial charge on any atom is 0.320 e. The molecule has 2 heterocycles. The lowest BCUT2D eigenvalue weighted by atomic mass is 9.52. The van der Waals surface area contributed by atoms with Gasteiger partial charge in [0.15, 0.2) is 0 Å². The van der Waals surface area contributed by atoms with Crippen molar-refractivity contribution in [3.8, 4) is 0 Å². The highest BCUT2D eigenvalue weighted by molar-refractivity contribution is 5.78. The number of carbonyl (C=O) groups excluding carboxylic acids is 1. The molecule has 132 valence electrons. The highest BCUT2D eigenvalue weighted by Gasteiger charge is 2.58. The van der Waals surface area contributed by atoms with Crippen LogP contribution < -0.4 is 0 Å². The monoisotopic (exact) mass is 338 g/mol. The molecule has 1 N–H and O–H groups in total. The Balaban J connectivity index is 1.29. The van der Waals surface area contributed by atoms with E-state index in [9.17, 15) is 9.90 Å². The van der Waals surface area contributed by atoms with Gasteiger partial charge in [-0.3, -0.25) is 0 Å². The van der Waals surface area contributed by atoms with Crippen LogP contribution in [-0.4, -0.2) is 45.2 Å². The molecule has 4 nitrogen and oxygen atoms in total. The first-order valence-electron chi connectivity index (χ1n) is 9.96. The summed E-state index contributed by atoms with van der Waals surface area (Å²) in [4.78, 5) is 17.6. The second kappa shape index (κ2) is 4.79. The van der Waals surface area contributed by atoms with E-state index in [0.29, 0.717) is 29.8 Å². The average molecular weight is 338 g/mol. The van der Waals surface area contributed by atoms with Crippen molar-refractivity contribution < 1.29 is 9.90 Å². The molecular formula is C21H26N2O2. The van der Waals surface area contributed by atoms with Crippen molar-refractivity contribution >= 4 is 6.03 Å². The lowest BCUT2D eigenvalue weighted by Gasteiger charge is -2.59. The lowest BCUT2D eigenvalue weighted by molar-refractivity contribution is -0.152. The number of carbonyl (C=O) groups is 1. The zero-order chi connectivity index (χ0) is 16.8. The summed E-state index contributed by atoms with van der Waals surface area (Å²) >= 11 is 0. The number of hydrogen-bond acceptors (Lipinski definition) is 2. The zero-order valence-electron chi connectivity index (χ0n) is 14.6. The van der Waals surface area contributed by atoms with Gasteiger partial charge in [-0.15, -0.1) is 0 Å². The number of nitrogens with zero attached hydrogens (tertiary/aromatic N) is 2. The van der Waals surface area contributed by atoms with Crippen molar-refractivity contribution in [2.75, 3.05) is 6.54 Å². The minimum atomic E-state index is -0.418. The second-order valence-corrected chi connectivity index (χ2v) is 9.37. The van der Waals surface area contributed by atoms with E-state index in [2.05, 4.69) is 34.1 Å². The van der Waals surface area contributed by atoms with Crippen LogP contribution in [0.1, 0.15) is 43.2 Å². The summed E-state index contributed by atoms with van der Waals surface area (Å²) in [6, 6.07) is 9.54. The minimum absolute atomic E-state index is 0.254. The van der Waals surface area contributed by atoms with Gasteiger partial charge >= 0.3 is 6.03 Å². The van der Waals surface area contributed by atoms with E-state index in [-0.39, 0.29) is 6.03 Å². The third-order valence-corrected chi connectivity index (χ3v) is 7.81. The van der Waals surface area contributed by atoms with Crippen LogP contribution in [0.2, 0.25) is 0 Å². The van der Waals surface area contributed by atoms with Crippen LogP contribution in [0.15, 0.2) is 24.3 Å². The third-order valence-electron chi connectivity index (χ3n) is 7.81. The first kappa shape index (κ1) is 14.6. The Hall–Kier alpha value is -1.55.